The Labute approximate surface area is 118 Å². The summed E-state index contributed by atoms with van der Waals surface area (Å²) in [5.74, 6) is 0. The van der Waals surface area contributed by atoms with Gasteiger partial charge in [-0.15, -0.1) is 12.4 Å². The van der Waals surface area contributed by atoms with Crippen molar-refractivity contribution in [2.75, 3.05) is 26.2 Å². The first-order valence-corrected chi connectivity index (χ1v) is 7.48. The summed E-state index contributed by atoms with van der Waals surface area (Å²) in [5, 5.41) is 3.47. The monoisotopic (exact) mass is 273 g/mol. The number of rotatable bonds is 2. The van der Waals surface area contributed by atoms with Crippen LogP contribution in [0.2, 0.25) is 0 Å². The molecule has 3 saturated heterocycles. The lowest BCUT2D eigenvalue weighted by Crippen LogP contribution is -2.56. The number of hydrogen-bond donors (Lipinski definition) is 1. The normalized spacial score (nSPS) is 37.8. The third kappa shape index (κ3) is 2.69. The van der Waals surface area contributed by atoms with Crippen LogP contribution in [0.15, 0.2) is 0 Å². The minimum atomic E-state index is 0. The van der Waals surface area contributed by atoms with Gasteiger partial charge in [0, 0.05) is 50.3 Å². The van der Waals surface area contributed by atoms with Crippen molar-refractivity contribution < 1.29 is 0 Å². The predicted octanol–water partition coefficient (Wildman–Crippen LogP) is 1.72. The van der Waals surface area contributed by atoms with E-state index in [-0.39, 0.29) is 12.4 Å². The molecule has 0 aromatic heterocycles. The van der Waals surface area contributed by atoms with Crippen LogP contribution in [0.3, 0.4) is 0 Å². The summed E-state index contributed by atoms with van der Waals surface area (Å²) < 4.78 is 0. The largest absolute Gasteiger partial charge is 0.314 e. The topological polar surface area (TPSA) is 18.5 Å². The molecule has 0 spiro atoms. The lowest BCUT2D eigenvalue weighted by molar-refractivity contribution is 0.0348. The zero-order valence-electron chi connectivity index (χ0n) is 11.8. The summed E-state index contributed by atoms with van der Waals surface area (Å²) in [4.78, 5) is 5.55. The molecule has 0 radical (unpaired) electrons. The molecule has 0 aromatic carbocycles. The Morgan fingerprint density at radius 1 is 0.944 bits per heavy atom. The van der Waals surface area contributed by atoms with Crippen molar-refractivity contribution in [3.8, 4) is 0 Å². The molecule has 2 bridgehead atoms. The van der Waals surface area contributed by atoms with Crippen molar-refractivity contribution in [2.45, 2.75) is 63.7 Å². The van der Waals surface area contributed by atoms with Crippen molar-refractivity contribution in [1.82, 2.24) is 15.1 Å². The molecule has 2 atom stereocenters. The van der Waals surface area contributed by atoms with Crippen LogP contribution < -0.4 is 5.32 Å². The molecule has 0 saturated carbocycles. The van der Waals surface area contributed by atoms with Crippen LogP contribution in [0, 0.1) is 0 Å². The van der Waals surface area contributed by atoms with Gasteiger partial charge in [-0.3, -0.25) is 9.80 Å². The average molecular weight is 274 g/mol. The number of fused-ring (bicyclic) bond motifs is 2. The second kappa shape index (κ2) is 6.08. The number of halogens is 1. The Morgan fingerprint density at radius 3 is 2.00 bits per heavy atom. The van der Waals surface area contributed by atoms with E-state index >= 15 is 0 Å². The van der Waals surface area contributed by atoms with E-state index in [9.17, 15) is 0 Å². The van der Waals surface area contributed by atoms with E-state index in [1.807, 2.05) is 0 Å². The van der Waals surface area contributed by atoms with Gasteiger partial charge in [-0.05, 0) is 39.5 Å². The highest BCUT2D eigenvalue weighted by Crippen LogP contribution is 2.38. The number of hydrogen-bond acceptors (Lipinski definition) is 3. The molecule has 106 valence electrons. The van der Waals surface area contributed by atoms with Gasteiger partial charge in [0.2, 0.25) is 0 Å². The van der Waals surface area contributed by atoms with Gasteiger partial charge in [0.15, 0.2) is 0 Å². The zero-order valence-corrected chi connectivity index (χ0v) is 12.6. The number of piperazine rings is 1. The minimum absolute atomic E-state index is 0. The molecule has 0 amide bonds. The molecule has 3 aliphatic rings. The van der Waals surface area contributed by atoms with Crippen LogP contribution in [0.1, 0.15) is 39.5 Å². The Morgan fingerprint density at radius 2 is 1.50 bits per heavy atom. The summed E-state index contributed by atoms with van der Waals surface area (Å²) in [6, 6.07) is 3.39. The van der Waals surface area contributed by atoms with Crippen LogP contribution in [0.4, 0.5) is 0 Å². The second-order valence-corrected chi connectivity index (χ2v) is 6.34. The third-order valence-corrected chi connectivity index (χ3v) is 5.03. The van der Waals surface area contributed by atoms with Crippen molar-refractivity contribution in [3.05, 3.63) is 0 Å². The van der Waals surface area contributed by atoms with Crippen LogP contribution in [0.25, 0.3) is 0 Å². The molecule has 0 aromatic rings. The highest BCUT2D eigenvalue weighted by Gasteiger charge is 2.43. The molecular weight excluding hydrogens is 246 g/mol. The second-order valence-electron chi connectivity index (χ2n) is 6.34. The van der Waals surface area contributed by atoms with E-state index < -0.39 is 0 Å². The Kier molecular flexibility index (Phi) is 4.92. The third-order valence-electron chi connectivity index (χ3n) is 5.03. The number of nitrogens with zero attached hydrogens (tertiary/aromatic N) is 2. The minimum Gasteiger partial charge on any atom is -0.314 e. The maximum atomic E-state index is 3.47. The molecule has 2 unspecified atom stereocenters. The molecule has 1 N–H and O–H groups in total. The lowest BCUT2D eigenvalue weighted by atomic mass is 9.94. The smallest absolute Gasteiger partial charge is 0.0126 e. The van der Waals surface area contributed by atoms with Crippen molar-refractivity contribution >= 4 is 12.4 Å². The van der Waals surface area contributed by atoms with Gasteiger partial charge in [0.05, 0.1) is 0 Å². The van der Waals surface area contributed by atoms with Crippen LogP contribution in [0.5, 0.6) is 0 Å². The molecular formula is C14H28ClN3. The molecule has 3 fully saturated rings. The fourth-order valence-electron chi connectivity index (χ4n) is 4.37. The molecule has 0 aliphatic carbocycles. The lowest BCUT2D eigenvalue weighted by Gasteiger charge is -2.46. The van der Waals surface area contributed by atoms with E-state index in [1.54, 1.807) is 0 Å². The van der Waals surface area contributed by atoms with Gasteiger partial charge in [0.1, 0.15) is 0 Å². The first kappa shape index (κ1) is 14.6. The highest BCUT2D eigenvalue weighted by atomic mass is 35.5. The molecule has 4 heteroatoms. The predicted molar refractivity (Wildman–Crippen MR) is 78.5 cm³/mol. The van der Waals surface area contributed by atoms with Gasteiger partial charge in [-0.1, -0.05) is 0 Å². The van der Waals surface area contributed by atoms with Crippen LogP contribution in [-0.4, -0.2) is 60.1 Å². The van der Waals surface area contributed by atoms with Gasteiger partial charge < -0.3 is 5.32 Å². The van der Waals surface area contributed by atoms with E-state index in [2.05, 4.69) is 29.0 Å². The van der Waals surface area contributed by atoms with Crippen molar-refractivity contribution in [1.29, 1.82) is 0 Å². The van der Waals surface area contributed by atoms with Crippen molar-refractivity contribution in [3.63, 3.8) is 0 Å². The van der Waals surface area contributed by atoms with Gasteiger partial charge in [0.25, 0.3) is 0 Å². The summed E-state index contributed by atoms with van der Waals surface area (Å²) in [5.41, 5.74) is 0. The van der Waals surface area contributed by atoms with Gasteiger partial charge in [-0.25, -0.2) is 0 Å². The fourth-order valence-corrected chi connectivity index (χ4v) is 4.37. The van der Waals surface area contributed by atoms with Crippen molar-refractivity contribution in [2.24, 2.45) is 0 Å². The summed E-state index contributed by atoms with van der Waals surface area (Å²) in [7, 11) is 0. The number of nitrogens with one attached hydrogen (secondary N) is 1. The fraction of sp³-hybridized carbons (Fsp3) is 1.00. The molecule has 3 rings (SSSR count). The quantitative estimate of drug-likeness (QED) is 0.827. The van der Waals surface area contributed by atoms with E-state index in [4.69, 9.17) is 0 Å². The molecule has 3 heterocycles. The Balaban J connectivity index is 0.00000120. The molecule has 18 heavy (non-hydrogen) atoms. The molecule has 3 aliphatic heterocycles. The zero-order chi connectivity index (χ0) is 11.8. The first-order valence-electron chi connectivity index (χ1n) is 7.48. The van der Waals surface area contributed by atoms with Gasteiger partial charge in [-0.2, -0.15) is 0 Å². The maximum Gasteiger partial charge on any atom is 0.0126 e. The summed E-state index contributed by atoms with van der Waals surface area (Å²) in [6.07, 6.45) is 5.75. The summed E-state index contributed by atoms with van der Waals surface area (Å²) in [6.45, 7) is 9.67. The number of piperidine rings is 1. The van der Waals surface area contributed by atoms with Gasteiger partial charge >= 0.3 is 0 Å². The van der Waals surface area contributed by atoms with E-state index in [1.165, 1.54) is 51.9 Å². The standard InChI is InChI=1S/C14H27N3.ClH/c1-11(2)17-12-3-4-13(17)10-14(9-12)16-7-5-15-6-8-16;/h11-15H,3-10H2,1-2H3;1H. The highest BCUT2D eigenvalue weighted by molar-refractivity contribution is 5.85. The first-order chi connectivity index (χ1) is 8.25. The SMILES string of the molecule is CC(C)N1C2CCC1CC(N1CCNCC1)C2.Cl. The van der Waals surface area contributed by atoms with Crippen LogP contribution in [-0.2, 0) is 0 Å². The molecule has 3 nitrogen and oxygen atoms in total. The Hall–Kier alpha value is 0.170. The summed E-state index contributed by atoms with van der Waals surface area (Å²) >= 11 is 0. The average Bonchev–Trinajstić information content (AvgIpc) is 2.62. The Bertz CT molecular complexity index is 252. The maximum absolute atomic E-state index is 3.47. The van der Waals surface area contributed by atoms with E-state index in [0.29, 0.717) is 0 Å². The van der Waals surface area contributed by atoms with Crippen LogP contribution >= 0.6 is 12.4 Å². The van der Waals surface area contributed by atoms with E-state index in [0.717, 1.165) is 24.2 Å².